The average molecular weight is 297 g/mol. The minimum Gasteiger partial charge on any atom is -0.371 e. The Bertz CT molecular complexity index is 411. The number of halogens is 1. The van der Waals surface area contributed by atoms with Crippen molar-refractivity contribution in [1.82, 2.24) is 0 Å². The van der Waals surface area contributed by atoms with Crippen LogP contribution in [0.1, 0.15) is 44.1 Å². The van der Waals surface area contributed by atoms with E-state index in [1.54, 1.807) is 0 Å². The van der Waals surface area contributed by atoms with Crippen LogP contribution >= 0.6 is 23.4 Å². The molecule has 3 rings (SSSR count). The molecule has 1 saturated heterocycles. The number of hydrogen-bond donors (Lipinski definition) is 0. The van der Waals surface area contributed by atoms with Gasteiger partial charge in [0.15, 0.2) is 0 Å². The molecule has 0 N–H and O–H groups in total. The molecule has 19 heavy (non-hydrogen) atoms. The first-order valence-corrected chi connectivity index (χ1v) is 8.77. The molecule has 3 heteroatoms. The van der Waals surface area contributed by atoms with Crippen molar-refractivity contribution in [1.29, 1.82) is 0 Å². The summed E-state index contributed by atoms with van der Waals surface area (Å²) < 4.78 is 6.33. The van der Waals surface area contributed by atoms with Crippen LogP contribution in [0.5, 0.6) is 0 Å². The van der Waals surface area contributed by atoms with E-state index in [0.717, 1.165) is 5.75 Å². The van der Waals surface area contributed by atoms with E-state index in [1.807, 2.05) is 11.8 Å². The monoisotopic (exact) mass is 296 g/mol. The largest absolute Gasteiger partial charge is 0.371 e. The van der Waals surface area contributed by atoms with E-state index in [-0.39, 0.29) is 5.60 Å². The van der Waals surface area contributed by atoms with Crippen molar-refractivity contribution in [3.05, 3.63) is 29.8 Å². The highest BCUT2D eigenvalue weighted by Crippen LogP contribution is 2.44. The zero-order valence-corrected chi connectivity index (χ0v) is 12.8. The number of alkyl halides is 1. The molecule has 1 unspecified atom stereocenters. The van der Waals surface area contributed by atoms with Crippen molar-refractivity contribution < 1.29 is 4.74 Å². The van der Waals surface area contributed by atoms with Gasteiger partial charge in [0.2, 0.25) is 0 Å². The van der Waals surface area contributed by atoms with E-state index in [9.17, 15) is 0 Å². The first-order valence-electron chi connectivity index (χ1n) is 7.25. The number of hydrogen-bond acceptors (Lipinski definition) is 2. The second-order valence-electron chi connectivity index (χ2n) is 5.76. The fourth-order valence-corrected chi connectivity index (χ4v) is 4.38. The van der Waals surface area contributed by atoms with Gasteiger partial charge in [-0.15, -0.1) is 23.4 Å². The van der Waals surface area contributed by atoms with E-state index in [1.165, 1.54) is 49.0 Å². The van der Waals surface area contributed by atoms with Crippen molar-refractivity contribution in [3.8, 4) is 0 Å². The molecule has 1 nitrogen and oxygen atoms in total. The molecule has 2 aliphatic rings. The predicted octanol–water partition coefficient (Wildman–Crippen LogP) is 5.01. The highest BCUT2D eigenvalue weighted by molar-refractivity contribution is 7.99. The molecule has 104 valence electrons. The van der Waals surface area contributed by atoms with Gasteiger partial charge in [0.25, 0.3) is 0 Å². The standard InChI is InChI=1S/C16H21ClOS/c17-11-13-3-5-15(6-4-13)19-12-14-7-10-16(18-14)8-1-2-9-16/h3-6,14H,1-2,7-12H2. The van der Waals surface area contributed by atoms with Crippen molar-refractivity contribution in [2.24, 2.45) is 0 Å². The van der Waals surface area contributed by atoms with Gasteiger partial charge in [-0.25, -0.2) is 0 Å². The minimum atomic E-state index is 0.272. The Balaban J connectivity index is 1.49. The second-order valence-corrected chi connectivity index (χ2v) is 7.12. The highest BCUT2D eigenvalue weighted by atomic mass is 35.5. The van der Waals surface area contributed by atoms with Gasteiger partial charge in [-0.05, 0) is 43.4 Å². The summed E-state index contributed by atoms with van der Waals surface area (Å²) in [5.41, 5.74) is 1.46. The number of ether oxygens (including phenoxy) is 1. The normalized spacial score (nSPS) is 25.2. The lowest BCUT2D eigenvalue weighted by Gasteiger charge is -2.23. The number of rotatable bonds is 4. The van der Waals surface area contributed by atoms with E-state index >= 15 is 0 Å². The smallest absolute Gasteiger partial charge is 0.0687 e. The van der Waals surface area contributed by atoms with Crippen molar-refractivity contribution in [2.45, 2.75) is 61.0 Å². The molecule has 0 radical (unpaired) electrons. The lowest BCUT2D eigenvalue weighted by atomic mass is 9.98. The lowest BCUT2D eigenvalue weighted by molar-refractivity contribution is -0.0267. The molecular formula is C16H21ClOS. The van der Waals surface area contributed by atoms with Gasteiger partial charge in [0.05, 0.1) is 11.7 Å². The molecule has 1 aromatic carbocycles. The first kappa shape index (κ1) is 13.8. The van der Waals surface area contributed by atoms with Crippen LogP contribution in [0.15, 0.2) is 29.2 Å². The van der Waals surface area contributed by atoms with Gasteiger partial charge in [-0.3, -0.25) is 0 Å². The van der Waals surface area contributed by atoms with E-state index in [2.05, 4.69) is 24.3 Å². The maximum atomic E-state index is 6.33. The molecule has 0 aromatic heterocycles. The van der Waals surface area contributed by atoms with E-state index < -0.39 is 0 Å². The van der Waals surface area contributed by atoms with Crippen molar-refractivity contribution >= 4 is 23.4 Å². The zero-order chi connectivity index (χ0) is 13.1. The third kappa shape index (κ3) is 3.29. The van der Waals surface area contributed by atoms with Gasteiger partial charge < -0.3 is 4.74 Å². The SMILES string of the molecule is ClCc1ccc(SCC2CCC3(CCCC3)O2)cc1. The molecule has 1 saturated carbocycles. The summed E-state index contributed by atoms with van der Waals surface area (Å²) in [4.78, 5) is 1.32. The molecule has 1 aliphatic carbocycles. The van der Waals surface area contributed by atoms with Gasteiger partial charge in [0.1, 0.15) is 0 Å². The molecule has 1 aliphatic heterocycles. The second kappa shape index (κ2) is 6.07. The summed E-state index contributed by atoms with van der Waals surface area (Å²) in [6, 6.07) is 8.57. The van der Waals surface area contributed by atoms with Crippen LogP contribution in [0, 0.1) is 0 Å². The molecule has 1 heterocycles. The molecule has 1 atom stereocenters. The number of thioether (sulfide) groups is 1. The van der Waals surface area contributed by atoms with Gasteiger partial charge in [-0.1, -0.05) is 25.0 Å². The quantitative estimate of drug-likeness (QED) is 0.570. The average Bonchev–Trinajstić information content (AvgIpc) is 3.08. The summed E-state index contributed by atoms with van der Waals surface area (Å²) >= 11 is 7.71. The Morgan fingerprint density at radius 1 is 1.16 bits per heavy atom. The van der Waals surface area contributed by atoms with Gasteiger partial charge >= 0.3 is 0 Å². The molecule has 0 bridgehead atoms. The van der Waals surface area contributed by atoms with Gasteiger partial charge in [0, 0.05) is 16.5 Å². The van der Waals surface area contributed by atoms with Crippen LogP contribution in [-0.2, 0) is 10.6 Å². The van der Waals surface area contributed by atoms with Crippen LogP contribution in [0.25, 0.3) is 0 Å². The first-order chi connectivity index (χ1) is 9.30. The Morgan fingerprint density at radius 3 is 2.58 bits per heavy atom. The van der Waals surface area contributed by atoms with Crippen molar-refractivity contribution in [2.75, 3.05) is 5.75 Å². The van der Waals surface area contributed by atoms with Gasteiger partial charge in [-0.2, -0.15) is 0 Å². The zero-order valence-electron chi connectivity index (χ0n) is 11.2. The lowest BCUT2D eigenvalue weighted by Crippen LogP contribution is -2.25. The Labute approximate surface area is 125 Å². The summed E-state index contributed by atoms with van der Waals surface area (Å²) in [6.07, 6.45) is 8.28. The van der Waals surface area contributed by atoms with E-state index in [4.69, 9.17) is 16.3 Å². The highest BCUT2D eigenvalue weighted by Gasteiger charge is 2.41. The Hall–Kier alpha value is -0.180. The van der Waals surface area contributed by atoms with Crippen LogP contribution in [-0.4, -0.2) is 17.5 Å². The molecule has 2 fully saturated rings. The maximum absolute atomic E-state index is 6.33. The fraction of sp³-hybridized carbons (Fsp3) is 0.625. The summed E-state index contributed by atoms with van der Waals surface area (Å²) in [7, 11) is 0. The predicted molar refractivity (Wildman–Crippen MR) is 82.0 cm³/mol. The molecular weight excluding hydrogens is 276 g/mol. The van der Waals surface area contributed by atoms with Crippen LogP contribution in [0.4, 0.5) is 0 Å². The topological polar surface area (TPSA) is 9.23 Å². The third-order valence-electron chi connectivity index (χ3n) is 4.37. The Morgan fingerprint density at radius 2 is 1.89 bits per heavy atom. The van der Waals surface area contributed by atoms with Crippen LogP contribution in [0.2, 0.25) is 0 Å². The molecule has 1 aromatic rings. The molecule has 0 amide bonds. The van der Waals surface area contributed by atoms with Crippen LogP contribution in [0.3, 0.4) is 0 Å². The molecule has 1 spiro atoms. The fourth-order valence-electron chi connectivity index (χ4n) is 3.26. The number of benzene rings is 1. The summed E-state index contributed by atoms with van der Waals surface area (Å²) in [5.74, 6) is 1.68. The third-order valence-corrected chi connectivity index (χ3v) is 5.82. The van der Waals surface area contributed by atoms with Crippen LogP contribution < -0.4 is 0 Å². The summed E-state index contributed by atoms with van der Waals surface area (Å²) in [6.45, 7) is 0. The maximum Gasteiger partial charge on any atom is 0.0687 e. The minimum absolute atomic E-state index is 0.272. The van der Waals surface area contributed by atoms with Crippen molar-refractivity contribution in [3.63, 3.8) is 0 Å². The summed E-state index contributed by atoms with van der Waals surface area (Å²) in [5, 5.41) is 0. The Kier molecular flexibility index (Phi) is 4.40. The van der Waals surface area contributed by atoms with E-state index in [0.29, 0.717) is 12.0 Å².